The molecule has 0 spiro atoms. The van der Waals surface area contributed by atoms with E-state index in [2.05, 4.69) is 49.6 Å². The molecule has 1 atom stereocenters. The van der Waals surface area contributed by atoms with Crippen molar-refractivity contribution in [2.75, 3.05) is 7.05 Å². The first kappa shape index (κ1) is 10.8. The summed E-state index contributed by atoms with van der Waals surface area (Å²) in [5.74, 6) is 0. The second kappa shape index (κ2) is 4.15. The van der Waals surface area contributed by atoms with Gasteiger partial charge < -0.3 is 5.32 Å². The molecule has 0 saturated carbocycles. The number of aryl methyl sites for hydroxylation is 1. The van der Waals surface area contributed by atoms with Crippen LogP contribution in [0.1, 0.15) is 23.6 Å². The lowest BCUT2D eigenvalue weighted by atomic mass is 9.83. The minimum Gasteiger partial charge on any atom is -0.316 e. The molecule has 0 saturated heterocycles. The zero-order valence-corrected chi connectivity index (χ0v) is 10.6. The van der Waals surface area contributed by atoms with E-state index in [0.29, 0.717) is 6.04 Å². The van der Waals surface area contributed by atoms with Crippen molar-refractivity contribution in [3.05, 3.63) is 47.0 Å². The van der Waals surface area contributed by atoms with Gasteiger partial charge in [-0.25, -0.2) is 0 Å². The van der Waals surface area contributed by atoms with Gasteiger partial charge in [-0.15, -0.1) is 0 Å². The van der Waals surface area contributed by atoms with Gasteiger partial charge in [-0.05, 0) is 53.8 Å². The first-order valence-electron chi connectivity index (χ1n) is 6.53. The second-order valence-electron chi connectivity index (χ2n) is 4.97. The van der Waals surface area contributed by atoms with Crippen molar-refractivity contribution in [3.63, 3.8) is 0 Å². The van der Waals surface area contributed by atoms with E-state index >= 15 is 0 Å². The van der Waals surface area contributed by atoms with Gasteiger partial charge in [0.25, 0.3) is 0 Å². The summed E-state index contributed by atoms with van der Waals surface area (Å²) < 4.78 is 0. The van der Waals surface area contributed by atoms with Crippen molar-refractivity contribution >= 4 is 10.8 Å². The Morgan fingerprint density at radius 1 is 1.18 bits per heavy atom. The van der Waals surface area contributed by atoms with E-state index < -0.39 is 0 Å². The molecule has 1 aliphatic rings. The normalized spacial score (nSPS) is 18.6. The van der Waals surface area contributed by atoms with Crippen LogP contribution in [0.15, 0.2) is 30.3 Å². The van der Waals surface area contributed by atoms with Gasteiger partial charge in [0, 0.05) is 6.04 Å². The number of rotatable bonds is 2. The summed E-state index contributed by atoms with van der Waals surface area (Å²) in [5.41, 5.74) is 4.61. The molecule has 88 valence electrons. The molecule has 0 radical (unpaired) electrons. The van der Waals surface area contributed by atoms with E-state index in [1.807, 2.05) is 0 Å². The second-order valence-corrected chi connectivity index (χ2v) is 4.97. The van der Waals surface area contributed by atoms with Crippen LogP contribution in [0.25, 0.3) is 10.8 Å². The van der Waals surface area contributed by atoms with Gasteiger partial charge in [0.1, 0.15) is 0 Å². The maximum absolute atomic E-state index is 3.44. The zero-order chi connectivity index (χ0) is 11.8. The minimum atomic E-state index is 0.598. The fraction of sp³-hybridized carbons (Fsp3) is 0.375. The predicted molar refractivity (Wildman–Crippen MR) is 73.6 cm³/mol. The maximum atomic E-state index is 3.44. The molecule has 17 heavy (non-hydrogen) atoms. The van der Waals surface area contributed by atoms with Gasteiger partial charge in [-0.3, -0.25) is 0 Å². The third-order valence-electron chi connectivity index (χ3n) is 4.04. The Hall–Kier alpha value is -1.34. The van der Waals surface area contributed by atoms with Gasteiger partial charge in [0.15, 0.2) is 0 Å². The molecule has 1 nitrogen and oxygen atoms in total. The van der Waals surface area contributed by atoms with Gasteiger partial charge in [0.05, 0.1) is 0 Å². The molecule has 1 unspecified atom stereocenters. The van der Waals surface area contributed by atoms with E-state index in [1.54, 1.807) is 5.56 Å². The van der Waals surface area contributed by atoms with Crippen LogP contribution in [0, 0.1) is 0 Å². The van der Waals surface area contributed by atoms with Crippen molar-refractivity contribution in [3.8, 4) is 0 Å². The van der Waals surface area contributed by atoms with E-state index in [1.165, 1.54) is 28.3 Å². The standard InChI is InChI=1S/C16H19N/c1-3-11-7-8-12-5-4-6-13-9-14(17-2)10-15(11)16(12)13/h4-8,14,17H,3,9-10H2,1-2H3. The molecule has 0 aliphatic heterocycles. The number of hydrogen-bond acceptors (Lipinski definition) is 1. The maximum Gasteiger partial charge on any atom is 0.0145 e. The molecule has 2 aromatic rings. The Kier molecular flexibility index (Phi) is 2.64. The third kappa shape index (κ3) is 1.66. The molecule has 1 heteroatoms. The lowest BCUT2D eigenvalue weighted by Crippen LogP contribution is -2.32. The lowest BCUT2D eigenvalue weighted by Gasteiger charge is -2.26. The Morgan fingerprint density at radius 3 is 2.82 bits per heavy atom. The van der Waals surface area contributed by atoms with Crippen LogP contribution in [-0.4, -0.2) is 13.1 Å². The number of benzene rings is 2. The van der Waals surface area contributed by atoms with Crippen molar-refractivity contribution in [2.24, 2.45) is 0 Å². The van der Waals surface area contributed by atoms with Crippen molar-refractivity contribution in [1.29, 1.82) is 0 Å². The molecule has 0 heterocycles. The highest BCUT2D eigenvalue weighted by Gasteiger charge is 2.20. The first-order valence-corrected chi connectivity index (χ1v) is 6.53. The summed E-state index contributed by atoms with van der Waals surface area (Å²) >= 11 is 0. The summed E-state index contributed by atoms with van der Waals surface area (Å²) in [6.45, 7) is 2.25. The summed E-state index contributed by atoms with van der Waals surface area (Å²) in [5, 5.41) is 6.37. The molecule has 0 amide bonds. The van der Waals surface area contributed by atoms with Crippen LogP contribution < -0.4 is 5.32 Å². The van der Waals surface area contributed by atoms with E-state index in [-0.39, 0.29) is 0 Å². The van der Waals surface area contributed by atoms with Crippen LogP contribution in [0.4, 0.5) is 0 Å². The van der Waals surface area contributed by atoms with Gasteiger partial charge in [0.2, 0.25) is 0 Å². The molecular weight excluding hydrogens is 206 g/mol. The number of likely N-dealkylation sites (N-methyl/N-ethyl adjacent to an activating group) is 1. The average Bonchev–Trinajstić information content (AvgIpc) is 2.39. The minimum absolute atomic E-state index is 0.598. The van der Waals surface area contributed by atoms with Gasteiger partial charge in [-0.2, -0.15) is 0 Å². The molecule has 0 fully saturated rings. The summed E-state index contributed by atoms with van der Waals surface area (Å²) in [4.78, 5) is 0. The first-order chi connectivity index (χ1) is 8.33. The molecule has 0 aromatic heterocycles. The van der Waals surface area contributed by atoms with Crippen LogP contribution in [0.5, 0.6) is 0 Å². The summed E-state index contributed by atoms with van der Waals surface area (Å²) in [7, 11) is 2.07. The Balaban J connectivity index is 2.29. The Bertz CT molecular complexity index is 557. The Morgan fingerprint density at radius 2 is 2.06 bits per heavy atom. The molecule has 1 N–H and O–H groups in total. The fourth-order valence-electron chi connectivity index (χ4n) is 3.10. The van der Waals surface area contributed by atoms with E-state index in [0.717, 1.165) is 12.8 Å². The lowest BCUT2D eigenvalue weighted by molar-refractivity contribution is 0.549. The van der Waals surface area contributed by atoms with Gasteiger partial charge >= 0.3 is 0 Å². The highest BCUT2D eigenvalue weighted by molar-refractivity contribution is 5.90. The number of hydrogen-bond donors (Lipinski definition) is 1. The SMILES string of the molecule is CCc1ccc2cccc3c2c1CC(NC)C3. The monoisotopic (exact) mass is 225 g/mol. The topological polar surface area (TPSA) is 12.0 Å². The molecule has 2 aromatic carbocycles. The molecule has 0 bridgehead atoms. The number of nitrogens with one attached hydrogen (secondary N) is 1. The quantitative estimate of drug-likeness (QED) is 0.828. The third-order valence-corrected chi connectivity index (χ3v) is 4.04. The van der Waals surface area contributed by atoms with Gasteiger partial charge in [-0.1, -0.05) is 37.3 Å². The fourth-order valence-corrected chi connectivity index (χ4v) is 3.10. The van der Waals surface area contributed by atoms with Crippen LogP contribution in [0.2, 0.25) is 0 Å². The van der Waals surface area contributed by atoms with Crippen molar-refractivity contribution in [2.45, 2.75) is 32.2 Å². The van der Waals surface area contributed by atoms with Crippen molar-refractivity contribution in [1.82, 2.24) is 5.32 Å². The summed E-state index contributed by atoms with van der Waals surface area (Å²) in [6, 6.07) is 11.9. The molecule has 3 rings (SSSR count). The zero-order valence-electron chi connectivity index (χ0n) is 10.6. The van der Waals surface area contributed by atoms with Crippen LogP contribution >= 0.6 is 0 Å². The Labute approximate surface area is 103 Å². The van der Waals surface area contributed by atoms with Crippen molar-refractivity contribution < 1.29 is 0 Å². The van der Waals surface area contributed by atoms with Crippen LogP contribution in [-0.2, 0) is 19.3 Å². The highest BCUT2D eigenvalue weighted by atomic mass is 14.9. The largest absolute Gasteiger partial charge is 0.316 e. The summed E-state index contributed by atoms with van der Waals surface area (Å²) in [6.07, 6.45) is 3.47. The molecular formula is C16H19N. The smallest absolute Gasteiger partial charge is 0.0145 e. The van der Waals surface area contributed by atoms with E-state index in [9.17, 15) is 0 Å². The highest BCUT2D eigenvalue weighted by Crippen LogP contribution is 2.32. The van der Waals surface area contributed by atoms with Crippen LogP contribution in [0.3, 0.4) is 0 Å². The molecule has 1 aliphatic carbocycles. The van der Waals surface area contributed by atoms with E-state index in [4.69, 9.17) is 0 Å². The predicted octanol–water partition coefficient (Wildman–Crippen LogP) is 3.09. The average molecular weight is 225 g/mol.